The summed E-state index contributed by atoms with van der Waals surface area (Å²) in [5, 5.41) is 0. The minimum atomic E-state index is -3.59. The van der Waals surface area contributed by atoms with Crippen molar-refractivity contribution in [1.29, 1.82) is 0 Å². The van der Waals surface area contributed by atoms with E-state index in [0.29, 0.717) is 17.9 Å². The van der Waals surface area contributed by atoms with Gasteiger partial charge in [0.05, 0.1) is 11.5 Å². The van der Waals surface area contributed by atoms with Crippen LogP contribution in [0, 0.1) is 18.3 Å². The van der Waals surface area contributed by atoms with Gasteiger partial charge < -0.3 is 0 Å². The van der Waals surface area contributed by atoms with Gasteiger partial charge in [0.25, 0.3) is 10.1 Å². The molecule has 2 fully saturated rings. The minimum Gasteiger partial charge on any atom is -0.266 e. The van der Waals surface area contributed by atoms with Crippen molar-refractivity contribution >= 4 is 10.1 Å². The predicted molar refractivity (Wildman–Crippen MR) is 77.9 cm³/mol. The third kappa shape index (κ3) is 2.77. The molecule has 0 N–H and O–H groups in total. The van der Waals surface area contributed by atoms with Crippen LogP contribution in [0.25, 0.3) is 0 Å². The van der Waals surface area contributed by atoms with E-state index in [0.717, 1.165) is 12.0 Å². The summed E-state index contributed by atoms with van der Waals surface area (Å²) in [7, 11) is -3.59. The Kier molecular flexibility index (Phi) is 3.63. The Labute approximate surface area is 121 Å². The van der Waals surface area contributed by atoms with Crippen LogP contribution in [0.4, 0.5) is 0 Å². The lowest BCUT2D eigenvalue weighted by atomic mass is 9.90. The Hall–Kier alpha value is -0.870. The lowest BCUT2D eigenvalue weighted by molar-refractivity contribution is 0.247. The van der Waals surface area contributed by atoms with Crippen molar-refractivity contribution in [3.8, 4) is 0 Å². The quantitative estimate of drug-likeness (QED) is 0.778. The first-order valence-electron chi connectivity index (χ1n) is 7.48. The van der Waals surface area contributed by atoms with Gasteiger partial charge in [-0.2, -0.15) is 8.42 Å². The zero-order valence-corrected chi connectivity index (χ0v) is 12.8. The predicted octanol–water partition coefficient (Wildman–Crippen LogP) is 3.67. The van der Waals surface area contributed by atoms with E-state index in [9.17, 15) is 8.42 Å². The van der Waals surface area contributed by atoms with Crippen LogP contribution >= 0.6 is 0 Å². The van der Waals surface area contributed by atoms with Crippen LogP contribution in [-0.4, -0.2) is 15.0 Å². The average molecular weight is 294 g/mol. The monoisotopic (exact) mass is 294 g/mol. The van der Waals surface area contributed by atoms with Gasteiger partial charge in [-0.05, 0) is 62.5 Å². The summed E-state index contributed by atoms with van der Waals surface area (Å²) < 4.78 is 29.4. The molecule has 1 spiro atoms. The summed E-state index contributed by atoms with van der Waals surface area (Å²) in [6.45, 7) is 2.26. The van der Waals surface area contributed by atoms with E-state index in [1.54, 1.807) is 24.3 Å². The molecule has 0 aliphatic heterocycles. The van der Waals surface area contributed by atoms with Crippen LogP contribution in [0.2, 0.25) is 0 Å². The maximum atomic E-state index is 12.1. The van der Waals surface area contributed by atoms with Crippen molar-refractivity contribution in [2.24, 2.45) is 11.3 Å². The van der Waals surface area contributed by atoms with Crippen LogP contribution in [0.15, 0.2) is 29.2 Å². The number of aryl methyl sites for hydroxylation is 1. The van der Waals surface area contributed by atoms with E-state index in [-0.39, 0.29) is 4.90 Å². The Morgan fingerprint density at radius 2 is 1.90 bits per heavy atom. The first kappa shape index (κ1) is 14.1. The molecule has 2 aliphatic carbocycles. The molecular formula is C16H22O3S. The minimum absolute atomic E-state index is 0.260. The van der Waals surface area contributed by atoms with Gasteiger partial charge in [-0.15, -0.1) is 0 Å². The van der Waals surface area contributed by atoms with E-state index in [2.05, 4.69) is 0 Å². The lowest BCUT2D eigenvalue weighted by Gasteiger charge is -2.17. The molecule has 1 aromatic rings. The van der Waals surface area contributed by atoms with Gasteiger partial charge in [0.2, 0.25) is 0 Å². The number of rotatable bonds is 5. The van der Waals surface area contributed by atoms with Gasteiger partial charge in [0.1, 0.15) is 0 Å². The number of hydrogen-bond acceptors (Lipinski definition) is 3. The number of hydrogen-bond donors (Lipinski definition) is 0. The summed E-state index contributed by atoms with van der Waals surface area (Å²) in [4.78, 5) is 0.260. The molecule has 0 heterocycles. The van der Waals surface area contributed by atoms with Crippen LogP contribution in [0.3, 0.4) is 0 Å². The second-order valence-corrected chi connectivity index (χ2v) is 7.94. The number of benzene rings is 1. The lowest BCUT2D eigenvalue weighted by Crippen LogP contribution is -2.14. The molecule has 2 saturated carbocycles. The summed E-state index contributed by atoms with van der Waals surface area (Å²) in [5.41, 5.74) is 1.61. The summed E-state index contributed by atoms with van der Waals surface area (Å²) in [6, 6.07) is 6.82. The largest absolute Gasteiger partial charge is 0.296 e. The van der Waals surface area contributed by atoms with Gasteiger partial charge in [-0.25, -0.2) is 0 Å². The normalized spacial score (nSPS) is 24.1. The van der Waals surface area contributed by atoms with Crippen molar-refractivity contribution in [2.75, 3.05) is 6.61 Å². The van der Waals surface area contributed by atoms with E-state index in [1.807, 2.05) is 6.92 Å². The molecule has 3 rings (SSSR count). The van der Waals surface area contributed by atoms with Gasteiger partial charge in [0.15, 0.2) is 0 Å². The second-order valence-electron chi connectivity index (χ2n) is 6.33. The van der Waals surface area contributed by atoms with Crippen LogP contribution < -0.4 is 0 Å². The molecule has 0 aromatic heterocycles. The molecule has 1 atom stereocenters. The average Bonchev–Trinajstić information content (AvgIpc) is 3.07. The molecular weight excluding hydrogens is 272 g/mol. The van der Waals surface area contributed by atoms with Gasteiger partial charge in [-0.1, -0.05) is 24.1 Å². The highest BCUT2D eigenvalue weighted by atomic mass is 32.2. The SMILES string of the molecule is Cc1ccc(S(=O)(=O)OCCC2CCCC23CC3)cc1. The maximum absolute atomic E-state index is 12.1. The fourth-order valence-electron chi connectivity index (χ4n) is 3.55. The molecule has 4 heteroatoms. The smallest absolute Gasteiger partial charge is 0.266 e. The Balaban J connectivity index is 1.56. The molecule has 0 bridgehead atoms. The van der Waals surface area contributed by atoms with Crippen molar-refractivity contribution in [3.63, 3.8) is 0 Å². The van der Waals surface area contributed by atoms with Crippen molar-refractivity contribution in [2.45, 2.75) is 50.3 Å². The van der Waals surface area contributed by atoms with Crippen LogP contribution in [0.1, 0.15) is 44.1 Å². The molecule has 20 heavy (non-hydrogen) atoms. The zero-order chi connectivity index (χ0) is 14.2. The highest BCUT2D eigenvalue weighted by Crippen LogP contribution is 2.62. The molecule has 1 unspecified atom stereocenters. The maximum Gasteiger partial charge on any atom is 0.296 e. The summed E-state index contributed by atoms with van der Waals surface area (Å²) in [6.07, 6.45) is 7.43. The first-order valence-corrected chi connectivity index (χ1v) is 8.89. The van der Waals surface area contributed by atoms with Gasteiger partial charge in [0, 0.05) is 0 Å². The molecule has 1 aromatic carbocycles. The van der Waals surface area contributed by atoms with Crippen molar-refractivity contribution in [1.82, 2.24) is 0 Å². The highest BCUT2D eigenvalue weighted by Gasteiger charge is 2.51. The van der Waals surface area contributed by atoms with Crippen molar-refractivity contribution in [3.05, 3.63) is 29.8 Å². The zero-order valence-electron chi connectivity index (χ0n) is 12.0. The topological polar surface area (TPSA) is 43.4 Å². The molecule has 0 radical (unpaired) electrons. The summed E-state index contributed by atoms with van der Waals surface area (Å²) in [5.74, 6) is 0.677. The van der Waals surface area contributed by atoms with Gasteiger partial charge >= 0.3 is 0 Å². The molecule has 0 amide bonds. The molecule has 2 aliphatic rings. The molecule has 0 saturated heterocycles. The Bertz CT molecular complexity index is 570. The van der Waals surface area contributed by atoms with Crippen molar-refractivity contribution < 1.29 is 12.6 Å². The van der Waals surface area contributed by atoms with E-state index >= 15 is 0 Å². The molecule has 3 nitrogen and oxygen atoms in total. The standard InChI is InChI=1S/C16H22O3S/c1-13-4-6-15(7-5-13)20(17,18)19-12-8-14-3-2-9-16(14)10-11-16/h4-7,14H,2-3,8-12H2,1H3. The fourth-order valence-corrected chi connectivity index (χ4v) is 4.47. The third-order valence-electron chi connectivity index (χ3n) is 5.00. The fraction of sp³-hybridized carbons (Fsp3) is 0.625. The van der Waals surface area contributed by atoms with E-state index < -0.39 is 10.1 Å². The van der Waals surface area contributed by atoms with Crippen LogP contribution in [-0.2, 0) is 14.3 Å². The molecule has 110 valence electrons. The first-order chi connectivity index (χ1) is 9.52. The Morgan fingerprint density at radius 1 is 1.20 bits per heavy atom. The summed E-state index contributed by atoms with van der Waals surface area (Å²) >= 11 is 0. The second kappa shape index (κ2) is 5.15. The van der Waals surface area contributed by atoms with E-state index in [1.165, 1.54) is 32.1 Å². The van der Waals surface area contributed by atoms with Gasteiger partial charge in [-0.3, -0.25) is 4.18 Å². The Morgan fingerprint density at radius 3 is 2.55 bits per heavy atom. The highest BCUT2D eigenvalue weighted by molar-refractivity contribution is 7.86. The third-order valence-corrected chi connectivity index (χ3v) is 6.33. The van der Waals surface area contributed by atoms with E-state index in [4.69, 9.17) is 4.18 Å². The van der Waals surface area contributed by atoms with Crippen LogP contribution in [0.5, 0.6) is 0 Å².